The van der Waals surface area contributed by atoms with Crippen molar-refractivity contribution in [2.45, 2.75) is 6.04 Å². The van der Waals surface area contributed by atoms with Crippen molar-refractivity contribution < 1.29 is 9.53 Å². The molecule has 3 aromatic rings. The summed E-state index contributed by atoms with van der Waals surface area (Å²) in [6.45, 7) is -0.188. The van der Waals surface area contributed by atoms with E-state index < -0.39 is 6.04 Å². The van der Waals surface area contributed by atoms with Crippen LogP contribution in [-0.2, 0) is 11.8 Å². The summed E-state index contributed by atoms with van der Waals surface area (Å²) in [7, 11) is 1.88. The maximum atomic E-state index is 12.5. The summed E-state index contributed by atoms with van der Waals surface area (Å²) in [4.78, 5) is 16.8. The molecule has 0 aliphatic carbocycles. The number of nitrogens with one attached hydrogen (secondary N) is 1. The van der Waals surface area contributed by atoms with Crippen LogP contribution < -0.4 is 10.1 Å². The monoisotopic (exact) mass is 346 g/mol. The molecule has 0 saturated carbocycles. The van der Waals surface area contributed by atoms with Crippen molar-refractivity contribution >= 4 is 5.91 Å². The Labute approximate surface area is 151 Å². The topological polar surface area (TPSA) is 79.9 Å². The number of imidazole rings is 1. The van der Waals surface area contributed by atoms with E-state index in [1.54, 1.807) is 30.5 Å². The number of benzene rings is 2. The zero-order chi connectivity index (χ0) is 18.4. The summed E-state index contributed by atoms with van der Waals surface area (Å²) in [5, 5.41) is 12.0. The third kappa shape index (κ3) is 3.90. The van der Waals surface area contributed by atoms with Crippen molar-refractivity contribution in [3.63, 3.8) is 0 Å². The number of carbonyl (C=O) groups excluding carboxylic acids is 1. The molecule has 0 aliphatic rings. The Morgan fingerprint density at radius 1 is 1.23 bits per heavy atom. The lowest BCUT2D eigenvalue weighted by Crippen LogP contribution is -2.34. The predicted octanol–water partition coefficient (Wildman–Crippen LogP) is 2.58. The van der Waals surface area contributed by atoms with Crippen LogP contribution in [0.2, 0.25) is 0 Å². The van der Waals surface area contributed by atoms with Gasteiger partial charge in [-0.3, -0.25) is 4.79 Å². The maximum absolute atomic E-state index is 12.5. The highest BCUT2D eigenvalue weighted by Crippen LogP contribution is 2.20. The number of nitriles is 1. The Bertz CT molecular complexity index is 928. The van der Waals surface area contributed by atoms with Gasteiger partial charge in [-0.05, 0) is 17.7 Å². The standard InChI is InChI=1S/C20H18N4O2/c1-24-12-11-22-20(24)19(15-7-3-2-4-8-15)23-18(25)14-26-17-10-6-5-9-16(17)13-21/h2-12,19H,14H2,1H3,(H,23,25)/t19-/m1/s1. The molecule has 0 spiro atoms. The van der Waals surface area contributed by atoms with E-state index in [0.717, 1.165) is 11.4 Å². The quantitative estimate of drug-likeness (QED) is 0.744. The van der Waals surface area contributed by atoms with E-state index in [2.05, 4.69) is 10.3 Å². The number of nitrogens with zero attached hydrogens (tertiary/aromatic N) is 3. The van der Waals surface area contributed by atoms with Crippen molar-refractivity contribution in [1.82, 2.24) is 14.9 Å². The van der Waals surface area contributed by atoms with Gasteiger partial charge in [0.1, 0.15) is 23.7 Å². The molecule has 0 saturated heterocycles. The number of aromatic nitrogens is 2. The zero-order valence-electron chi connectivity index (χ0n) is 14.3. The fourth-order valence-electron chi connectivity index (χ4n) is 2.63. The summed E-state index contributed by atoms with van der Waals surface area (Å²) in [6, 6.07) is 18.1. The van der Waals surface area contributed by atoms with Crippen LogP contribution in [0.25, 0.3) is 0 Å². The number of rotatable bonds is 6. The molecule has 130 valence electrons. The van der Waals surface area contributed by atoms with E-state index in [0.29, 0.717) is 11.3 Å². The van der Waals surface area contributed by atoms with Crippen LogP contribution in [0.5, 0.6) is 5.75 Å². The van der Waals surface area contributed by atoms with E-state index in [4.69, 9.17) is 10.00 Å². The number of hydrogen-bond acceptors (Lipinski definition) is 4. The van der Waals surface area contributed by atoms with Gasteiger partial charge in [-0.15, -0.1) is 0 Å². The molecule has 0 radical (unpaired) electrons. The van der Waals surface area contributed by atoms with Gasteiger partial charge < -0.3 is 14.6 Å². The summed E-state index contributed by atoms with van der Waals surface area (Å²) in [5.41, 5.74) is 1.32. The smallest absolute Gasteiger partial charge is 0.258 e. The van der Waals surface area contributed by atoms with E-state index in [9.17, 15) is 4.79 Å². The lowest BCUT2D eigenvalue weighted by Gasteiger charge is -2.19. The lowest BCUT2D eigenvalue weighted by molar-refractivity contribution is -0.123. The van der Waals surface area contributed by atoms with Crippen molar-refractivity contribution in [3.05, 3.63) is 83.9 Å². The van der Waals surface area contributed by atoms with E-state index in [1.807, 2.05) is 54.2 Å². The van der Waals surface area contributed by atoms with Gasteiger partial charge in [0.25, 0.3) is 5.91 Å². The molecule has 1 heterocycles. The SMILES string of the molecule is Cn1ccnc1[C@H](NC(=O)COc1ccccc1C#N)c1ccccc1. The lowest BCUT2D eigenvalue weighted by atomic mass is 10.1. The predicted molar refractivity (Wildman–Crippen MR) is 96.3 cm³/mol. The highest BCUT2D eigenvalue weighted by molar-refractivity contribution is 5.78. The Kier molecular flexibility index (Phi) is 5.30. The number of para-hydroxylation sites is 1. The molecule has 1 atom stereocenters. The first-order valence-electron chi connectivity index (χ1n) is 8.12. The van der Waals surface area contributed by atoms with Crippen LogP contribution in [0.15, 0.2) is 67.0 Å². The fraction of sp³-hybridized carbons (Fsp3) is 0.150. The molecule has 0 aliphatic heterocycles. The molecule has 6 heteroatoms. The molecule has 1 aromatic heterocycles. The molecule has 0 unspecified atom stereocenters. The minimum absolute atomic E-state index is 0.188. The minimum atomic E-state index is -0.390. The molecular weight excluding hydrogens is 328 g/mol. The first-order chi connectivity index (χ1) is 12.7. The summed E-state index contributed by atoms with van der Waals surface area (Å²) >= 11 is 0. The first-order valence-corrected chi connectivity index (χ1v) is 8.12. The molecule has 1 amide bonds. The Balaban J connectivity index is 1.74. The highest BCUT2D eigenvalue weighted by atomic mass is 16.5. The molecule has 26 heavy (non-hydrogen) atoms. The molecule has 2 aromatic carbocycles. The van der Waals surface area contributed by atoms with Crippen LogP contribution >= 0.6 is 0 Å². The molecule has 6 nitrogen and oxygen atoms in total. The first kappa shape index (κ1) is 17.2. The van der Waals surface area contributed by atoms with Crippen molar-refractivity contribution in [2.24, 2.45) is 7.05 Å². The highest BCUT2D eigenvalue weighted by Gasteiger charge is 2.20. The number of amides is 1. The Morgan fingerprint density at radius 2 is 1.96 bits per heavy atom. The van der Waals surface area contributed by atoms with Gasteiger partial charge in [-0.25, -0.2) is 4.98 Å². The van der Waals surface area contributed by atoms with Crippen LogP contribution in [0.3, 0.4) is 0 Å². The minimum Gasteiger partial charge on any atom is -0.482 e. The van der Waals surface area contributed by atoms with Crippen LogP contribution in [-0.4, -0.2) is 22.1 Å². The molecule has 0 fully saturated rings. The van der Waals surface area contributed by atoms with Gasteiger partial charge in [0.15, 0.2) is 6.61 Å². The van der Waals surface area contributed by atoms with Gasteiger partial charge in [0.05, 0.1) is 5.56 Å². The van der Waals surface area contributed by atoms with Gasteiger partial charge in [-0.2, -0.15) is 5.26 Å². The van der Waals surface area contributed by atoms with Crippen molar-refractivity contribution in [1.29, 1.82) is 5.26 Å². The average molecular weight is 346 g/mol. The van der Waals surface area contributed by atoms with E-state index >= 15 is 0 Å². The van der Waals surface area contributed by atoms with Crippen LogP contribution in [0.1, 0.15) is 23.0 Å². The Hall–Kier alpha value is -3.59. The van der Waals surface area contributed by atoms with Crippen LogP contribution in [0, 0.1) is 11.3 Å². The van der Waals surface area contributed by atoms with E-state index in [1.165, 1.54) is 0 Å². The number of hydrogen-bond donors (Lipinski definition) is 1. The number of ether oxygens (including phenoxy) is 1. The fourth-order valence-corrected chi connectivity index (χ4v) is 2.63. The largest absolute Gasteiger partial charge is 0.482 e. The summed E-state index contributed by atoms with van der Waals surface area (Å²) in [5.74, 6) is 0.815. The van der Waals surface area contributed by atoms with E-state index in [-0.39, 0.29) is 12.5 Å². The van der Waals surface area contributed by atoms with Crippen molar-refractivity contribution in [2.75, 3.05) is 6.61 Å². The Morgan fingerprint density at radius 3 is 2.65 bits per heavy atom. The molecule has 3 rings (SSSR count). The molecule has 0 bridgehead atoms. The maximum Gasteiger partial charge on any atom is 0.258 e. The second kappa shape index (κ2) is 7.99. The third-order valence-electron chi connectivity index (χ3n) is 3.92. The summed E-state index contributed by atoms with van der Waals surface area (Å²) < 4.78 is 7.38. The third-order valence-corrected chi connectivity index (χ3v) is 3.92. The van der Waals surface area contributed by atoms with Gasteiger partial charge in [0, 0.05) is 19.4 Å². The van der Waals surface area contributed by atoms with Crippen LogP contribution in [0.4, 0.5) is 0 Å². The average Bonchev–Trinajstić information content (AvgIpc) is 3.11. The normalized spacial score (nSPS) is 11.4. The second-order valence-electron chi connectivity index (χ2n) is 5.70. The molecule has 1 N–H and O–H groups in total. The van der Waals surface area contributed by atoms with Gasteiger partial charge >= 0.3 is 0 Å². The van der Waals surface area contributed by atoms with Gasteiger partial charge in [-0.1, -0.05) is 42.5 Å². The zero-order valence-corrected chi connectivity index (χ0v) is 14.3. The summed E-state index contributed by atoms with van der Waals surface area (Å²) in [6.07, 6.45) is 3.52. The second-order valence-corrected chi connectivity index (χ2v) is 5.70. The number of carbonyl (C=O) groups is 1. The van der Waals surface area contributed by atoms with Gasteiger partial charge in [0.2, 0.25) is 0 Å². The molecular formula is C20H18N4O2. The van der Waals surface area contributed by atoms with Crippen molar-refractivity contribution in [3.8, 4) is 11.8 Å². The number of aryl methyl sites for hydroxylation is 1.